The number of nitrogens with one attached hydrogen (secondary N) is 3. The number of hydrogen-bond donors (Lipinski definition) is 3. The third kappa shape index (κ3) is 4.20. The summed E-state index contributed by atoms with van der Waals surface area (Å²) in [6, 6.07) is -0.276. The van der Waals surface area contributed by atoms with Crippen LogP contribution in [-0.2, 0) is 37.1 Å². The second kappa shape index (κ2) is 8.85. The molecule has 0 atom stereocenters. The minimum Gasteiger partial charge on any atom is -0.462 e. The van der Waals surface area contributed by atoms with Crippen molar-refractivity contribution in [1.82, 2.24) is 10.6 Å². The first-order chi connectivity index (χ1) is 14.1. The fourth-order valence-electron chi connectivity index (χ4n) is 4.16. The van der Waals surface area contributed by atoms with E-state index in [9.17, 15) is 9.59 Å². The normalized spacial score (nSPS) is 15.4. The first-order valence-electron chi connectivity index (χ1n) is 10.3. The van der Waals surface area contributed by atoms with Gasteiger partial charge in [-0.25, -0.2) is 9.59 Å². The lowest BCUT2D eigenvalue weighted by Gasteiger charge is -2.15. The van der Waals surface area contributed by atoms with Crippen molar-refractivity contribution in [2.75, 3.05) is 18.5 Å². The maximum absolute atomic E-state index is 12.7. The summed E-state index contributed by atoms with van der Waals surface area (Å²) in [6.45, 7) is 6.64. The summed E-state index contributed by atoms with van der Waals surface area (Å²) in [6.07, 6.45) is 5.03. The van der Waals surface area contributed by atoms with Gasteiger partial charge in [-0.15, -0.1) is 22.7 Å². The number of fused-ring (bicyclic) bond motifs is 2. The van der Waals surface area contributed by atoms with Gasteiger partial charge in [0.2, 0.25) is 0 Å². The molecule has 8 heteroatoms. The van der Waals surface area contributed by atoms with Crippen molar-refractivity contribution < 1.29 is 14.3 Å². The maximum atomic E-state index is 12.7. The van der Waals surface area contributed by atoms with Gasteiger partial charge in [0, 0.05) is 27.7 Å². The molecular formula is C21H27N3O3S2. The molecule has 0 bridgehead atoms. The quantitative estimate of drug-likeness (QED) is 0.619. The lowest BCUT2D eigenvalue weighted by molar-refractivity contribution is 0.0526. The molecule has 2 aliphatic rings. The molecule has 156 valence electrons. The monoisotopic (exact) mass is 433 g/mol. The topological polar surface area (TPSA) is 79.5 Å². The van der Waals surface area contributed by atoms with E-state index in [0.29, 0.717) is 23.7 Å². The lowest BCUT2D eigenvalue weighted by Crippen LogP contribution is -2.30. The zero-order valence-electron chi connectivity index (χ0n) is 16.9. The van der Waals surface area contributed by atoms with Gasteiger partial charge in [-0.2, -0.15) is 0 Å². The number of amides is 2. The van der Waals surface area contributed by atoms with E-state index in [-0.39, 0.29) is 12.0 Å². The number of aryl methyl sites for hydroxylation is 2. The van der Waals surface area contributed by atoms with Crippen molar-refractivity contribution in [3.8, 4) is 0 Å². The Kier molecular flexibility index (Phi) is 6.22. The molecule has 2 aromatic heterocycles. The van der Waals surface area contributed by atoms with Crippen LogP contribution in [0.4, 0.5) is 9.80 Å². The van der Waals surface area contributed by atoms with Crippen molar-refractivity contribution >= 4 is 39.7 Å². The van der Waals surface area contributed by atoms with E-state index in [1.54, 1.807) is 6.92 Å². The predicted octanol–water partition coefficient (Wildman–Crippen LogP) is 4.14. The van der Waals surface area contributed by atoms with E-state index in [4.69, 9.17) is 4.74 Å². The molecule has 0 fully saturated rings. The van der Waals surface area contributed by atoms with Gasteiger partial charge in [0.25, 0.3) is 0 Å². The fourth-order valence-corrected chi connectivity index (χ4v) is 6.64. The van der Waals surface area contributed by atoms with Gasteiger partial charge < -0.3 is 15.4 Å². The van der Waals surface area contributed by atoms with Gasteiger partial charge in [-0.3, -0.25) is 5.32 Å². The van der Waals surface area contributed by atoms with Crippen molar-refractivity contribution in [2.45, 2.75) is 59.0 Å². The number of urea groups is 1. The molecule has 0 unspecified atom stereocenters. The smallest absolute Gasteiger partial charge is 0.341 e. The van der Waals surface area contributed by atoms with E-state index in [0.717, 1.165) is 50.8 Å². The third-order valence-electron chi connectivity index (χ3n) is 5.54. The predicted molar refractivity (Wildman–Crippen MR) is 117 cm³/mol. The Hall–Kier alpha value is -1.90. The fraction of sp³-hybridized carbons (Fsp3) is 0.524. The van der Waals surface area contributed by atoms with Crippen LogP contribution in [0.3, 0.4) is 0 Å². The summed E-state index contributed by atoms with van der Waals surface area (Å²) in [5.74, 6) is -0.336. The van der Waals surface area contributed by atoms with Crippen LogP contribution in [0.25, 0.3) is 0 Å². The number of hydrogen-bond acceptors (Lipinski definition) is 6. The first-order valence-corrected chi connectivity index (χ1v) is 11.9. The highest BCUT2D eigenvalue weighted by Gasteiger charge is 2.27. The SMILES string of the molecule is CCOC(=O)c1c(NC(=O)NCc2c(C)sc3c2CCNC3)sc2c1CCCC2. The number of thiophene rings is 2. The molecule has 4 rings (SSSR count). The molecule has 3 heterocycles. The highest BCUT2D eigenvalue weighted by Crippen LogP contribution is 2.38. The van der Waals surface area contributed by atoms with E-state index < -0.39 is 0 Å². The maximum Gasteiger partial charge on any atom is 0.341 e. The van der Waals surface area contributed by atoms with Crippen molar-refractivity contribution in [3.05, 3.63) is 36.9 Å². The molecule has 0 radical (unpaired) electrons. The number of esters is 1. The first kappa shape index (κ1) is 20.4. The lowest BCUT2D eigenvalue weighted by atomic mass is 9.95. The Morgan fingerprint density at radius 1 is 1.10 bits per heavy atom. The van der Waals surface area contributed by atoms with E-state index in [1.807, 2.05) is 11.3 Å². The minimum absolute atomic E-state index is 0.276. The largest absolute Gasteiger partial charge is 0.462 e. The minimum atomic E-state index is -0.336. The van der Waals surface area contributed by atoms with Gasteiger partial charge in [0.05, 0.1) is 12.2 Å². The van der Waals surface area contributed by atoms with E-state index in [2.05, 4.69) is 22.9 Å². The van der Waals surface area contributed by atoms with Crippen molar-refractivity contribution in [2.24, 2.45) is 0 Å². The average Bonchev–Trinajstić information content (AvgIpc) is 3.22. The second-order valence-electron chi connectivity index (χ2n) is 7.41. The summed E-state index contributed by atoms with van der Waals surface area (Å²) in [7, 11) is 0. The molecule has 0 saturated carbocycles. The average molecular weight is 434 g/mol. The van der Waals surface area contributed by atoms with Gasteiger partial charge in [-0.05, 0) is 69.2 Å². The molecule has 1 aliphatic carbocycles. The molecular weight excluding hydrogens is 406 g/mol. The van der Waals surface area contributed by atoms with Crippen LogP contribution in [0.2, 0.25) is 0 Å². The summed E-state index contributed by atoms with van der Waals surface area (Å²) in [5.41, 5.74) is 4.23. The molecule has 0 saturated heterocycles. The number of rotatable bonds is 5. The Morgan fingerprint density at radius 3 is 2.76 bits per heavy atom. The van der Waals surface area contributed by atoms with Crippen LogP contribution < -0.4 is 16.0 Å². The van der Waals surface area contributed by atoms with Gasteiger partial charge in [-0.1, -0.05) is 0 Å². The zero-order chi connectivity index (χ0) is 20.4. The van der Waals surface area contributed by atoms with Gasteiger partial charge in [0.1, 0.15) is 5.00 Å². The number of anilines is 1. The zero-order valence-corrected chi connectivity index (χ0v) is 18.5. The number of carbonyl (C=O) groups is 2. The molecule has 1 aliphatic heterocycles. The molecule has 29 heavy (non-hydrogen) atoms. The Balaban J connectivity index is 1.48. The van der Waals surface area contributed by atoms with E-state index >= 15 is 0 Å². The highest BCUT2D eigenvalue weighted by molar-refractivity contribution is 7.17. The van der Waals surface area contributed by atoms with Crippen LogP contribution in [0.15, 0.2) is 0 Å². The molecule has 6 nitrogen and oxygen atoms in total. The second-order valence-corrected chi connectivity index (χ2v) is 9.82. The van der Waals surface area contributed by atoms with E-state index in [1.165, 1.54) is 37.1 Å². The Labute approximate surface area is 179 Å². The molecule has 0 aromatic carbocycles. The molecule has 3 N–H and O–H groups in total. The van der Waals surface area contributed by atoms with Crippen LogP contribution in [0.1, 0.15) is 61.4 Å². The highest BCUT2D eigenvalue weighted by atomic mass is 32.1. The van der Waals surface area contributed by atoms with Crippen LogP contribution in [0.5, 0.6) is 0 Å². The van der Waals surface area contributed by atoms with Crippen molar-refractivity contribution in [1.29, 1.82) is 0 Å². The van der Waals surface area contributed by atoms with Gasteiger partial charge in [0.15, 0.2) is 0 Å². The summed E-state index contributed by atoms with van der Waals surface area (Å²) in [5, 5.41) is 9.93. The summed E-state index contributed by atoms with van der Waals surface area (Å²) in [4.78, 5) is 29.0. The summed E-state index contributed by atoms with van der Waals surface area (Å²) < 4.78 is 5.26. The molecule has 2 amide bonds. The molecule has 2 aromatic rings. The van der Waals surface area contributed by atoms with Crippen molar-refractivity contribution in [3.63, 3.8) is 0 Å². The van der Waals surface area contributed by atoms with Crippen LogP contribution >= 0.6 is 22.7 Å². The van der Waals surface area contributed by atoms with Gasteiger partial charge >= 0.3 is 12.0 Å². The number of ether oxygens (including phenoxy) is 1. The third-order valence-corrected chi connectivity index (χ3v) is 7.94. The Morgan fingerprint density at radius 2 is 1.93 bits per heavy atom. The summed E-state index contributed by atoms with van der Waals surface area (Å²) >= 11 is 3.32. The standard InChI is InChI=1S/C21H27N3O3S2/c1-3-27-20(25)18-14-6-4-5-7-16(14)29-19(18)24-21(26)23-10-15-12(2)28-17-11-22-9-8-13(15)17/h22H,3-11H2,1-2H3,(H2,23,24,26). The van der Waals surface area contributed by atoms with Crippen LogP contribution in [0, 0.1) is 6.92 Å². The molecule has 0 spiro atoms. The van der Waals surface area contributed by atoms with Crippen LogP contribution in [-0.4, -0.2) is 25.2 Å². The number of carbonyl (C=O) groups excluding carboxylic acids is 2. The Bertz CT molecular complexity index is 932.